The molecule has 0 spiro atoms. The number of thioether (sulfide) groups is 1. The number of nitrogens with zero attached hydrogens (tertiary/aromatic N) is 2. The fourth-order valence-corrected chi connectivity index (χ4v) is 4.71. The van der Waals surface area contributed by atoms with Gasteiger partial charge in [-0.1, -0.05) is 6.07 Å². The molecule has 10 heteroatoms. The van der Waals surface area contributed by atoms with Crippen LogP contribution in [0, 0.1) is 5.82 Å². The minimum absolute atomic E-state index is 0. The number of hydrogen-bond donors (Lipinski definition) is 2. The van der Waals surface area contributed by atoms with Crippen molar-refractivity contribution in [2.75, 3.05) is 50.5 Å². The van der Waals surface area contributed by atoms with Crippen molar-refractivity contribution >= 4 is 51.5 Å². The number of hydrogen-bond acceptors (Lipinski definition) is 5. The summed E-state index contributed by atoms with van der Waals surface area (Å²) in [5, 5.41) is 6.50. The number of guanidine groups is 1. The Morgan fingerprint density at radius 2 is 1.96 bits per heavy atom. The van der Waals surface area contributed by atoms with Crippen LogP contribution in [0.2, 0.25) is 0 Å². The summed E-state index contributed by atoms with van der Waals surface area (Å²) in [6.07, 6.45) is 2.00. The fraction of sp³-hybridized carbons (Fsp3) is 0.611. The van der Waals surface area contributed by atoms with Crippen molar-refractivity contribution in [3.63, 3.8) is 0 Å². The van der Waals surface area contributed by atoms with Crippen LogP contribution in [-0.2, 0) is 22.1 Å². The molecule has 0 saturated carbocycles. The molecule has 0 unspecified atom stereocenters. The van der Waals surface area contributed by atoms with E-state index in [2.05, 4.69) is 20.5 Å². The second kappa shape index (κ2) is 12.9. The van der Waals surface area contributed by atoms with E-state index in [1.54, 1.807) is 23.9 Å². The highest BCUT2D eigenvalue weighted by atomic mass is 127. The lowest BCUT2D eigenvalue weighted by Gasteiger charge is -2.26. The van der Waals surface area contributed by atoms with E-state index in [-0.39, 0.29) is 41.3 Å². The highest BCUT2D eigenvalue weighted by molar-refractivity contribution is 14.0. The Bertz CT molecular complexity index is 733. The Balaban J connectivity index is 0.00000392. The fourth-order valence-electron chi connectivity index (χ4n) is 2.85. The van der Waals surface area contributed by atoms with Crippen molar-refractivity contribution in [2.24, 2.45) is 4.99 Å². The first kappa shape index (κ1) is 25.4. The predicted octanol–water partition coefficient (Wildman–Crippen LogP) is 2.09. The topological polar surface area (TPSA) is 73.8 Å². The maximum absolute atomic E-state index is 13.5. The zero-order valence-corrected chi connectivity index (χ0v) is 20.4. The smallest absolute Gasteiger partial charge is 0.191 e. The summed E-state index contributed by atoms with van der Waals surface area (Å²) in [5.74, 6) is 1.72. The van der Waals surface area contributed by atoms with E-state index in [9.17, 15) is 12.8 Å². The van der Waals surface area contributed by atoms with Crippen LogP contribution in [0.3, 0.4) is 0 Å². The lowest BCUT2D eigenvalue weighted by molar-refractivity contribution is 0.299. The molecule has 0 amide bonds. The second-order valence-corrected chi connectivity index (χ2v) is 9.63. The molecular formula is C18H30FIN4O2S2. The molecule has 1 heterocycles. The molecule has 0 radical (unpaired) electrons. The molecule has 1 aromatic carbocycles. The van der Waals surface area contributed by atoms with E-state index in [4.69, 9.17) is 0 Å². The summed E-state index contributed by atoms with van der Waals surface area (Å²) in [7, 11) is -2.84. The summed E-state index contributed by atoms with van der Waals surface area (Å²) >= 11 is 1.66. The zero-order chi connectivity index (χ0) is 19.7. The molecule has 1 aromatic rings. The number of halogens is 2. The lowest BCUT2D eigenvalue weighted by Crippen LogP contribution is -2.45. The third-order valence-electron chi connectivity index (χ3n) is 4.38. The Hall–Kier alpha value is -0.590. The van der Waals surface area contributed by atoms with Gasteiger partial charge >= 0.3 is 0 Å². The SMILES string of the molecule is CCNC(=NCc1ccc(F)cc1CSC)NCCN1CCS(=O)(=O)CC1.I. The van der Waals surface area contributed by atoms with E-state index in [0.29, 0.717) is 32.1 Å². The summed E-state index contributed by atoms with van der Waals surface area (Å²) in [6, 6.07) is 4.84. The third-order valence-corrected chi connectivity index (χ3v) is 6.59. The van der Waals surface area contributed by atoms with Gasteiger partial charge in [-0.05, 0) is 36.4 Å². The van der Waals surface area contributed by atoms with Crippen molar-refractivity contribution in [2.45, 2.75) is 19.2 Å². The first-order valence-corrected chi connectivity index (χ1v) is 12.4. The van der Waals surface area contributed by atoms with Gasteiger partial charge in [0.15, 0.2) is 15.8 Å². The molecular weight excluding hydrogens is 514 g/mol. The van der Waals surface area contributed by atoms with Crippen LogP contribution in [0.1, 0.15) is 18.1 Å². The number of nitrogens with one attached hydrogen (secondary N) is 2. The van der Waals surface area contributed by atoms with Crippen molar-refractivity contribution in [3.8, 4) is 0 Å². The van der Waals surface area contributed by atoms with Gasteiger partial charge in [0.2, 0.25) is 0 Å². The van der Waals surface area contributed by atoms with Crippen LogP contribution >= 0.6 is 35.7 Å². The first-order valence-electron chi connectivity index (χ1n) is 9.14. The lowest BCUT2D eigenvalue weighted by atomic mass is 10.1. The molecule has 2 rings (SSSR count). The Labute approximate surface area is 189 Å². The number of aliphatic imine (C=N–C) groups is 1. The standard InChI is InChI=1S/C18H29FN4O2S2.HI/c1-3-20-18(21-6-7-23-8-10-27(24,25)11-9-23)22-13-15-4-5-17(19)12-16(15)14-26-2;/h4-5,12H,3,6-11,13-14H2,1-2H3,(H2,20,21,22);1H. The maximum Gasteiger partial charge on any atom is 0.191 e. The van der Waals surface area contributed by atoms with Gasteiger partial charge in [-0.2, -0.15) is 11.8 Å². The van der Waals surface area contributed by atoms with Gasteiger partial charge < -0.3 is 10.6 Å². The predicted molar refractivity (Wildman–Crippen MR) is 127 cm³/mol. The molecule has 0 aliphatic carbocycles. The van der Waals surface area contributed by atoms with Crippen molar-refractivity contribution in [3.05, 3.63) is 35.1 Å². The highest BCUT2D eigenvalue weighted by Crippen LogP contribution is 2.17. The average Bonchev–Trinajstić information content (AvgIpc) is 2.62. The van der Waals surface area contributed by atoms with Gasteiger partial charge in [0.1, 0.15) is 5.82 Å². The average molecular weight is 545 g/mol. The molecule has 28 heavy (non-hydrogen) atoms. The Kier molecular flexibility index (Phi) is 11.7. The Morgan fingerprint density at radius 3 is 2.61 bits per heavy atom. The molecule has 2 N–H and O–H groups in total. The van der Waals surface area contributed by atoms with Crippen LogP contribution < -0.4 is 10.6 Å². The van der Waals surface area contributed by atoms with Gasteiger partial charge in [-0.3, -0.25) is 4.90 Å². The first-order chi connectivity index (χ1) is 12.9. The molecule has 0 bridgehead atoms. The summed E-state index contributed by atoms with van der Waals surface area (Å²) < 4.78 is 36.4. The van der Waals surface area contributed by atoms with Crippen molar-refractivity contribution in [1.82, 2.24) is 15.5 Å². The molecule has 1 aliphatic heterocycles. The molecule has 0 atom stereocenters. The third kappa shape index (κ3) is 8.83. The minimum Gasteiger partial charge on any atom is -0.357 e. The number of benzene rings is 1. The highest BCUT2D eigenvalue weighted by Gasteiger charge is 2.20. The minimum atomic E-state index is -2.84. The molecule has 1 fully saturated rings. The molecule has 1 aliphatic rings. The summed E-state index contributed by atoms with van der Waals surface area (Å²) in [5.41, 5.74) is 1.99. The summed E-state index contributed by atoms with van der Waals surface area (Å²) in [4.78, 5) is 6.76. The van der Waals surface area contributed by atoms with Crippen LogP contribution in [0.15, 0.2) is 23.2 Å². The van der Waals surface area contributed by atoms with Gasteiger partial charge in [0.05, 0.1) is 18.1 Å². The van der Waals surface area contributed by atoms with E-state index in [0.717, 1.165) is 30.0 Å². The number of sulfone groups is 1. The maximum atomic E-state index is 13.5. The largest absolute Gasteiger partial charge is 0.357 e. The monoisotopic (exact) mass is 544 g/mol. The molecule has 6 nitrogen and oxygen atoms in total. The Morgan fingerprint density at radius 1 is 1.25 bits per heavy atom. The van der Waals surface area contributed by atoms with E-state index < -0.39 is 9.84 Å². The van der Waals surface area contributed by atoms with E-state index >= 15 is 0 Å². The second-order valence-electron chi connectivity index (χ2n) is 6.46. The quantitative estimate of drug-likeness (QED) is 0.297. The van der Waals surface area contributed by atoms with Crippen LogP contribution in [0.5, 0.6) is 0 Å². The number of rotatable bonds is 8. The molecule has 160 valence electrons. The summed E-state index contributed by atoms with van der Waals surface area (Å²) in [6.45, 7) is 5.86. The van der Waals surface area contributed by atoms with Crippen LogP contribution in [-0.4, -0.2) is 69.8 Å². The van der Waals surface area contributed by atoms with Crippen molar-refractivity contribution < 1.29 is 12.8 Å². The van der Waals surface area contributed by atoms with Gasteiger partial charge in [0, 0.05) is 38.5 Å². The van der Waals surface area contributed by atoms with Crippen LogP contribution in [0.25, 0.3) is 0 Å². The zero-order valence-electron chi connectivity index (χ0n) is 16.4. The van der Waals surface area contributed by atoms with Gasteiger partial charge in [-0.25, -0.2) is 17.8 Å². The molecule has 1 saturated heterocycles. The van der Waals surface area contributed by atoms with Crippen molar-refractivity contribution in [1.29, 1.82) is 0 Å². The van der Waals surface area contributed by atoms with Gasteiger partial charge in [-0.15, -0.1) is 24.0 Å². The van der Waals surface area contributed by atoms with E-state index in [1.807, 2.05) is 13.2 Å². The van der Waals surface area contributed by atoms with E-state index in [1.165, 1.54) is 6.07 Å². The molecule has 0 aromatic heterocycles. The van der Waals surface area contributed by atoms with Crippen LogP contribution in [0.4, 0.5) is 4.39 Å². The normalized spacial score (nSPS) is 17.0. The van der Waals surface area contributed by atoms with Gasteiger partial charge in [0.25, 0.3) is 0 Å².